The topological polar surface area (TPSA) is 76.1 Å². The van der Waals surface area contributed by atoms with Gasteiger partial charge in [-0.1, -0.05) is 17.7 Å². The lowest BCUT2D eigenvalue weighted by molar-refractivity contribution is 0.0763. The van der Waals surface area contributed by atoms with Crippen LogP contribution in [0.15, 0.2) is 23.1 Å². The van der Waals surface area contributed by atoms with Crippen LogP contribution in [0.5, 0.6) is 11.5 Å². The smallest absolute Gasteiger partial charge is 0.258 e. The molecule has 0 atom stereocenters. The second kappa shape index (κ2) is 8.05. The predicted molar refractivity (Wildman–Crippen MR) is 110 cm³/mol. The van der Waals surface area contributed by atoms with Gasteiger partial charge < -0.3 is 14.4 Å². The summed E-state index contributed by atoms with van der Waals surface area (Å²) in [5.41, 5.74) is 1.47. The number of carbonyl (C=O) groups is 1. The maximum absolute atomic E-state index is 13.5. The second-order valence-corrected chi connectivity index (χ2v) is 9.57. The number of benzene rings is 2. The first-order valence-corrected chi connectivity index (χ1v) is 10.8. The summed E-state index contributed by atoms with van der Waals surface area (Å²) in [7, 11) is 1.76. The zero-order chi connectivity index (χ0) is 22.4. The third-order valence-corrected chi connectivity index (χ3v) is 7.36. The Labute approximate surface area is 180 Å². The van der Waals surface area contributed by atoms with E-state index >= 15 is 0 Å². The SMILES string of the molecule is COc1c(C)c(S(=O)(=O)N(C)C)c2c(c1OC)C(=O)N(Cc1ccc(F)c(Cl)c1)C2. The van der Waals surface area contributed by atoms with Crippen LogP contribution in [0.4, 0.5) is 4.39 Å². The van der Waals surface area contributed by atoms with Gasteiger partial charge in [0.2, 0.25) is 10.0 Å². The van der Waals surface area contributed by atoms with Gasteiger partial charge in [0, 0.05) is 38.3 Å². The van der Waals surface area contributed by atoms with E-state index in [1.165, 1.54) is 51.4 Å². The summed E-state index contributed by atoms with van der Waals surface area (Å²) in [5.74, 6) is -0.585. The number of ether oxygens (including phenoxy) is 2. The normalized spacial score (nSPS) is 13.7. The van der Waals surface area contributed by atoms with E-state index in [1.807, 2.05) is 0 Å². The molecular formula is C20H22ClFN2O5S. The van der Waals surface area contributed by atoms with Gasteiger partial charge in [0.15, 0.2) is 11.5 Å². The zero-order valence-electron chi connectivity index (χ0n) is 17.2. The lowest BCUT2D eigenvalue weighted by atomic mass is 10.0. The molecule has 2 aromatic rings. The Morgan fingerprint density at radius 3 is 2.37 bits per heavy atom. The van der Waals surface area contributed by atoms with Crippen molar-refractivity contribution in [3.8, 4) is 11.5 Å². The molecule has 3 rings (SSSR count). The van der Waals surface area contributed by atoms with E-state index in [2.05, 4.69) is 0 Å². The van der Waals surface area contributed by atoms with E-state index in [0.29, 0.717) is 16.7 Å². The molecule has 0 N–H and O–H groups in total. The maximum atomic E-state index is 13.5. The summed E-state index contributed by atoms with van der Waals surface area (Å²) < 4.78 is 51.6. The molecule has 0 radical (unpaired) electrons. The van der Waals surface area contributed by atoms with Crippen molar-refractivity contribution in [3.05, 3.63) is 51.3 Å². The molecule has 0 saturated heterocycles. The minimum atomic E-state index is -3.87. The van der Waals surface area contributed by atoms with Crippen LogP contribution >= 0.6 is 11.6 Å². The number of halogens is 2. The molecule has 1 amide bonds. The van der Waals surface area contributed by atoms with Crippen LogP contribution in [0.3, 0.4) is 0 Å². The number of nitrogens with zero attached hydrogens (tertiary/aromatic N) is 2. The van der Waals surface area contributed by atoms with Crippen LogP contribution in [0.2, 0.25) is 5.02 Å². The Morgan fingerprint density at radius 2 is 1.83 bits per heavy atom. The van der Waals surface area contributed by atoms with Crippen molar-refractivity contribution >= 4 is 27.5 Å². The Bertz CT molecular complexity index is 1130. The van der Waals surface area contributed by atoms with E-state index in [4.69, 9.17) is 21.1 Å². The van der Waals surface area contributed by atoms with Gasteiger partial charge in [-0.2, -0.15) is 0 Å². The Balaban J connectivity index is 2.18. The molecule has 0 fully saturated rings. The van der Waals surface area contributed by atoms with Gasteiger partial charge in [0.25, 0.3) is 5.91 Å². The molecule has 0 saturated carbocycles. The molecule has 10 heteroatoms. The van der Waals surface area contributed by atoms with Crippen molar-refractivity contribution in [2.24, 2.45) is 0 Å². The molecular weight excluding hydrogens is 435 g/mol. The highest BCUT2D eigenvalue weighted by molar-refractivity contribution is 7.89. The summed E-state index contributed by atoms with van der Waals surface area (Å²) >= 11 is 5.85. The van der Waals surface area contributed by atoms with Crippen molar-refractivity contribution in [1.82, 2.24) is 9.21 Å². The number of hydrogen-bond donors (Lipinski definition) is 0. The molecule has 0 bridgehead atoms. The number of hydrogen-bond acceptors (Lipinski definition) is 5. The van der Waals surface area contributed by atoms with E-state index in [1.54, 1.807) is 6.92 Å². The van der Waals surface area contributed by atoms with Crippen LogP contribution in [0.1, 0.15) is 27.0 Å². The second-order valence-electron chi connectivity index (χ2n) is 7.07. The highest BCUT2D eigenvalue weighted by Crippen LogP contribution is 2.46. The lowest BCUT2D eigenvalue weighted by Gasteiger charge is -2.21. The monoisotopic (exact) mass is 456 g/mol. The van der Waals surface area contributed by atoms with Crippen molar-refractivity contribution in [2.75, 3.05) is 28.3 Å². The van der Waals surface area contributed by atoms with Gasteiger partial charge in [-0.05, 0) is 24.6 Å². The average molecular weight is 457 g/mol. The van der Waals surface area contributed by atoms with Gasteiger partial charge in [0.1, 0.15) is 5.82 Å². The number of fused-ring (bicyclic) bond motifs is 1. The summed E-state index contributed by atoms with van der Waals surface area (Å²) in [4.78, 5) is 14.7. The molecule has 7 nitrogen and oxygen atoms in total. The Kier molecular flexibility index (Phi) is 5.99. The van der Waals surface area contributed by atoms with Gasteiger partial charge in [0.05, 0.1) is 29.7 Å². The molecule has 1 heterocycles. The number of sulfonamides is 1. The fraction of sp³-hybridized carbons (Fsp3) is 0.350. The zero-order valence-corrected chi connectivity index (χ0v) is 18.8. The molecule has 0 unspecified atom stereocenters. The number of carbonyl (C=O) groups excluding carboxylic acids is 1. The third kappa shape index (κ3) is 3.51. The van der Waals surface area contributed by atoms with Crippen molar-refractivity contribution < 1.29 is 27.1 Å². The van der Waals surface area contributed by atoms with E-state index in [-0.39, 0.29) is 40.1 Å². The predicted octanol–water partition coefficient (Wildman–Crippen LogP) is 3.21. The molecule has 0 aliphatic carbocycles. The van der Waals surface area contributed by atoms with Gasteiger partial charge in [-0.15, -0.1) is 0 Å². The van der Waals surface area contributed by atoms with Gasteiger partial charge in [-0.3, -0.25) is 4.79 Å². The van der Waals surface area contributed by atoms with Crippen LogP contribution in [-0.4, -0.2) is 51.8 Å². The van der Waals surface area contributed by atoms with Crippen molar-refractivity contribution in [2.45, 2.75) is 24.9 Å². The number of rotatable bonds is 6. The highest BCUT2D eigenvalue weighted by atomic mass is 35.5. The van der Waals surface area contributed by atoms with E-state index in [0.717, 1.165) is 4.31 Å². The Hall–Kier alpha value is -2.36. The molecule has 2 aromatic carbocycles. The summed E-state index contributed by atoms with van der Waals surface area (Å²) in [6.07, 6.45) is 0. The highest BCUT2D eigenvalue weighted by Gasteiger charge is 2.40. The van der Waals surface area contributed by atoms with Crippen LogP contribution in [0, 0.1) is 12.7 Å². The first-order valence-electron chi connectivity index (χ1n) is 8.97. The van der Waals surface area contributed by atoms with Crippen LogP contribution in [0.25, 0.3) is 0 Å². The molecule has 162 valence electrons. The fourth-order valence-electron chi connectivity index (χ4n) is 3.62. The van der Waals surface area contributed by atoms with Crippen molar-refractivity contribution in [1.29, 1.82) is 0 Å². The standard InChI is InChI=1S/C20H22ClFN2O5S/c1-11-17(28-4)18(29-5)16-13(19(11)30(26,27)23(2)3)10-24(20(16)25)9-12-6-7-15(22)14(21)8-12/h6-8H,9-10H2,1-5H3. The maximum Gasteiger partial charge on any atom is 0.258 e. The lowest BCUT2D eigenvalue weighted by Crippen LogP contribution is -2.25. The molecule has 30 heavy (non-hydrogen) atoms. The third-order valence-electron chi connectivity index (χ3n) is 5.04. The first kappa shape index (κ1) is 22.3. The summed E-state index contributed by atoms with van der Waals surface area (Å²) in [5, 5.41) is -0.0531. The molecule has 1 aliphatic heterocycles. The largest absolute Gasteiger partial charge is 0.493 e. The quantitative estimate of drug-likeness (QED) is 0.667. The minimum Gasteiger partial charge on any atom is -0.493 e. The van der Waals surface area contributed by atoms with Crippen LogP contribution in [-0.2, 0) is 23.1 Å². The van der Waals surface area contributed by atoms with E-state index in [9.17, 15) is 17.6 Å². The summed E-state index contributed by atoms with van der Waals surface area (Å²) in [6.45, 7) is 1.79. The molecule has 0 spiro atoms. The summed E-state index contributed by atoms with van der Waals surface area (Å²) in [6, 6.07) is 4.19. The molecule has 1 aliphatic rings. The number of methoxy groups -OCH3 is 2. The Morgan fingerprint density at radius 1 is 1.20 bits per heavy atom. The first-order chi connectivity index (χ1) is 14.0. The van der Waals surface area contributed by atoms with Gasteiger partial charge >= 0.3 is 0 Å². The minimum absolute atomic E-state index is 0.0214. The number of amides is 1. The van der Waals surface area contributed by atoms with Crippen molar-refractivity contribution in [3.63, 3.8) is 0 Å². The van der Waals surface area contributed by atoms with E-state index < -0.39 is 21.7 Å². The average Bonchev–Trinajstić information content (AvgIpc) is 2.98. The fourth-order valence-corrected chi connectivity index (χ4v) is 5.15. The van der Waals surface area contributed by atoms with Crippen LogP contribution < -0.4 is 9.47 Å². The molecule has 0 aromatic heterocycles. The van der Waals surface area contributed by atoms with Gasteiger partial charge in [-0.25, -0.2) is 17.1 Å².